The molecule has 3 atom stereocenters. The maximum absolute atomic E-state index is 12.8. The Morgan fingerprint density at radius 3 is 2.67 bits per heavy atom. The Bertz CT molecular complexity index is 596. The van der Waals surface area contributed by atoms with Crippen LogP contribution in [0, 0.1) is 11.8 Å². The Balaban J connectivity index is 1.52. The van der Waals surface area contributed by atoms with E-state index < -0.39 is 17.8 Å². The van der Waals surface area contributed by atoms with E-state index in [-0.39, 0.29) is 30.2 Å². The van der Waals surface area contributed by atoms with Crippen molar-refractivity contribution in [3.63, 3.8) is 0 Å². The van der Waals surface area contributed by atoms with Crippen LogP contribution in [0.5, 0.6) is 0 Å². The van der Waals surface area contributed by atoms with E-state index in [1.165, 1.54) is 6.07 Å². The van der Waals surface area contributed by atoms with E-state index in [1.807, 2.05) is 0 Å². The van der Waals surface area contributed by atoms with Gasteiger partial charge in [0.25, 0.3) is 0 Å². The van der Waals surface area contributed by atoms with Crippen LogP contribution in [0.25, 0.3) is 0 Å². The van der Waals surface area contributed by atoms with Crippen molar-refractivity contribution in [1.29, 1.82) is 0 Å². The zero-order valence-electron chi connectivity index (χ0n) is 13.4. The summed E-state index contributed by atoms with van der Waals surface area (Å²) in [6.07, 6.45) is -0.102. The second-order valence-electron chi connectivity index (χ2n) is 6.93. The molecule has 0 spiro atoms. The zero-order chi connectivity index (χ0) is 17.3. The highest BCUT2D eigenvalue weighted by Crippen LogP contribution is 2.48. The van der Waals surface area contributed by atoms with Crippen LogP contribution in [-0.2, 0) is 11.0 Å². The van der Waals surface area contributed by atoms with Gasteiger partial charge in [-0.3, -0.25) is 4.79 Å². The normalized spacial score (nSPS) is 25.5. The average molecular weight is 341 g/mol. The highest BCUT2D eigenvalue weighted by Gasteiger charge is 2.44. The maximum atomic E-state index is 12.8. The number of hydrogen-bond acceptors (Lipinski definition) is 2. The topological polar surface area (TPSA) is 49.3 Å². The molecule has 3 nitrogen and oxygen atoms in total. The van der Waals surface area contributed by atoms with E-state index in [4.69, 9.17) is 0 Å². The molecule has 2 saturated carbocycles. The van der Waals surface area contributed by atoms with E-state index in [0.29, 0.717) is 12.0 Å². The second kappa shape index (κ2) is 6.75. The molecule has 0 radical (unpaired) electrons. The van der Waals surface area contributed by atoms with Gasteiger partial charge in [-0.25, -0.2) is 0 Å². The monoisotopic (exact) mass is 341 g/mol. The summed E-state index contributed by atoms with van der Waals surface area (Å²) < 4.78 is 38.3. The molecule has 2 aliphatic rings. The molecule has 1 amide bonds. The lowest BCUT2D eigenvalue weighted by molar-refractivity contribution is -0.137. The molecule has 0 aliphatic heterocycles. The van der Waals surface area contributed by atoms with Crippen molar-refractivity contribution >= 4 is 5.91 Å². The highest BCUT2D eigenvalue weighted by molar-refractivity contribution is 5.82. The van der Waals surface area contributed by atoms with Crippen molar-refractivity contribution in [3.8, 4) is 0 Å². The molecule has 3 unspecified atom stereocenters. The van der Waals surface area contributed by atoms with Crippen LogP contribution in [0.1, 0.15) is 49.1 Å². The number of halogens is 3. The number of aliphatic hydroxyl groups is 1. The Labute approximate surface area is 139 Å². The zero-order valence-corrected chi connectivity index (χ0v) is 13.4. The number of carbonyl (C=O) groups excluding carboxylic acids is 1. The third-order valence-corrected chi connectivity index (χ3v) is 5.20. The highest BCUT2D eigenvalue weighted by atomic mass is 19.4. The van der Waals surface area contributed by atoms with E-state index in [1.54, 1.807) is 6.07 Å². The summed E-state index contributed by atoms with van der Waals surface area (Å²) in [4.78, 5) is 12.1. The van der Waals surface area contributed by atoms with E-state index >= 15 is 0 Å². The van der Waals surface area contributed by atoms with Crippen molar-refractivity contribution < 1.29 is 23.1 Å². The predicted molar refractivity (Wildman–Crippen MR) is 83.3 cm³/mol. The fraction of sp³-hybridized carbons (Fsp3) is 0.611. The fourth-order valence-electron chi connectivity index (χ4n) is 3.64. The van der Waals surface area contributed by atoms with Crippen LogP contribution < -0.4 is 5.32 Å². The largest absolute Gasteiger partial charge is 0.416 e. The molecule has 3 rings (SSSR count). The number of hydrogen-bond donors (Lipinski definition) is 2. The Morgan fingerprint density at radius 1 is 1.29 bits per heavy atom. The van der Waals surface area contributed by atoms with Gasteiger partial charge in [-0.2, -0.15) is 13.2 Å². The van der Waals surface area contributed by atoms with Crippen LogP contribution >= 0.6 is 0 Å². The minimum absolute atomic E-state index is 0.157. The van der Waals surface area contributed by atoms with Gasteiger partial charge in [0.05, 0.1) is 11.7 Å². The third kappa shape index (κ3) is 3.91. The first-order chi connectivity index (χ1) is 11.4. The third-order valence-electron chi connectivity index (χ3n) is 5.20. The molecule has 132 valence electrons. The molecule has 2 aliphatic carbocycles. The second-order valence-corrected chi connectivity index (χ2v) is 6.93. The number of amides is 1. The minimum Gasteiger partial charge on any atom is -0.391 e. The van der Waals surface area contributed by atoms with Crippen LogP contribution in [0.4, 0.5) is 13.2 Å². The van der Waals surface area contributed by atoms with Gasteiger partial charge >= 0.3 is 6.18 Å². The van der Waals surface area contributed by atoms with Gasteiger partial charge in [-0.05, 0) is 42.7 Å². The summed E-state index contributed by atoms with van der Waals surface area (Å²) in [5.41, 5.74) is -0.121. The molecule has 2 N–H and O–H groups in total. The quantitative estimate of drug-likeness (QED) is 0.861. The van der Waals surface area contributed by atoms with E-state index in [0.717, 1.165) is 37.8 Å². The van der Waals surface area contributed by atoms with Crippen LogP contribution in [0.3, 0.4) is 0 Å². The van der Waals surface area contributed by atoms with Crippen LogP contribution in [0.2, 0.25) is 0 Å². The first-order valence-corrected chi connectivity index (χ1v) is 8.49. The number of alkyl halides is 3. The molecule has 0 heterocycles. The number of carbonyl (C=O) groups is 1. The van der Waals surface area contributed by atoms with Crippen molar-refractivity contribution in [3.05, 3.63) is 35.4 Å². The summed E-state index contributed by atoms with van der Waals surface area (Å²) in [6, 6.07) is 5.19. The van der Waals surface area contributed by atoms with E-state index in [9.17, 15) is 23.1 Å². The lowest BCUT2D eigenvalue weighted by Crippen LogP contribution is -2.36. The van der Waals surface area contributed by atoms with Crippen molar-refractivity contribution in [2.75, 3.05) is 6.54 Å². The van der Waals surface area contributed by atoms with Gasteiger partial charge in [-0.15, -0.1) is 0 Å². The maximum Gasteiger partial charge on any atom is 0.416 e. The molecule has 2 fully saturated rings. The smallest absolute Gasteiger partial charge is 0.391 e. The fourth-order valence-corrected chi connectivity index (χ4v) is 3.64. The van der Waals surface area contributed by atoms with Crippen molar-refractivity contribution in [2.45, 2.75) is 50.3 Å². The number of aliphatic hydroxyl groups excluding tert-OH is 1. The Hall–Kier alpha value is -1.56. The van der Waals surface area contributed by atoms with Gasteiger partial charge in [-0.1, -0.05) is 31.0 Å². The van der Waals surface area contributed by atoms with Gasteiger partial charge in [0.15, 0.2) is 0 Å². The molecular formula is C18H22F3NO2. The molecule has 0 saturated heterocycles. The molecular weight excluding hydrogens is 319 g/mol. The molecule has 0 bridgehead atoms. The SMILES string of the molecule is O=C(NCC(O)C1CCCC1)C1CC1c1cccc(C(F)(F)F)c1. The summed E-state index contributed by atoms with van der Waals surface area (Å²) in [5, 5.41) is 12.8. The first kappa shape index (κ1) is 17.3. The first-order valence-electron chi connectivity index (χ1n) is 8.49. The van der Waals surface area contributed by atoms with E-state index in [2.05, 4.69) is 5.32 Å². The Morgan fingerprint density at radius 2 is 2.00 bits per heavy atom. The molecule has 0 aromatic heterocycles. The summed E-state index contributed by atoms with van der Waals surface area (Å²) in [7, 11) is 0. The van der Waals surface area contributed by atoms with Crippen LogP contribution in [0.15, 0.2) is 24.3 Å². The lowest BCUT2D eigenvalue weighted by atomic mass is 10.0. The van der Waals surface area contributed by atoms with Crippen LogP contribution in [-0.4, -0.2) is 23.7 Å². The lowest BCUT2D eigenvalue weighted by Gasteiger charge is -2.18. The van der Waals surface area contributed by atoms with Crippen molar-refractivity contribution in [2.24, 2.45) is 11.8 Å². The Kier molecular flexibility index (Phi) is 4.85. The molecule has 24 heavy (non-hydrogen) atoms. The van der Waals surface area contributed by atoms with Gasteiger partial charge in [0, 0.05) is 12.5 Å². The summed E-state index contributed by atoms with van der Waals surface area (Å²) in [6.45, 7) is 0.231. The van der Waals surface area contributed by atoms with Gasteiger partial charge in [0.2, 0.25) is 5.91 Å². The summed E-state index contributed by atoms with van der Waals surface area (Å²) >= 11 is 0. The summed E-state index contributed by atoms with van der Waals surface area (Å²) in [5.74, 6) is -0.363. The number of rotatable bonds is 5. The molecule has 6 heteroatoms. The van der Waals surface area contributed by atoms with Gasteiger partial charge < -0.3 is 10.4 Å². The minimum atomic E-state index is -4.37. The standard InChI is InChI=1S/C18H22F3NO2/c19-18(20,21)13-7-3-6-12(8-13)14-9-15(14)17(24)22-10-16(23)11-4-1-2-5-11/h3,6-8,11,14-16,23H,1-2,4-5,9-10H2,(H,22,24). The predicted octanol–water partition coefficient (Wildman–Crippen LogP) is 3.48. The van der Waals surface area contributed by atoms with Gasteiger partial charge in [0.1, 0.15) is 0 Å². The number of benzene rings is 1. The number of nitrogens with one attached hydrogen (secondary N) is 1. The average Bonchev–Trinajstić information content (AvgIpc) is 3.16. The molecule has 1 aromatic carbocycles. The van der Waals surface area contributed by atoms with Crippen molar-refractivity contribution in [1.82, 2.24) is 5.32 Å². The molecule has 1 aromatic rings.